The molecule has 2 aliphatic heterocycles. The van der Waals surface area contributed by atoms with Crippen molar-refractivity contribution in [1.82, 2.24) is 5.32 Å². The zero-order chi connectivity index (χ0) is 72.2. The Hall–Kier alpha value is -1.27. The molecule has 0 aliphatic carbocycles. The average Bonchev–Trinajstić information content (AvgIpc) is 0.791. The average molecular weight is 1420 g/mol. The van der Waals surface area contributed by atoms with Crippen LogP contribution in [-0.2, 0) is 23.7 Å². The molecule has 0 aromatic rings. The summed E-state index contributed by atoms with van der Waals surface area (Å²) >= 11 is 0. The van der Waals surface area contributed by atoms with Crippen molar-refractivity contribution in [2.45, 2.75) is 511 Å². The van der Waals surface area contributed by atoms with Crippen LogP contribution in [0.25, 0.3) is 0 Å². The molecule has 9 N–H and O–H groups in total. The molecule has 0 spiro atoms. The van der Waals surface area contributed by atoms with E-state index in [1.807, 2.05) is 0 Å². The van der Waals surface area contributed by atoms with Crippen molar-refractivity contribution in [1.29, 1.82) is 0 Å². The zero-order valence-corrected chi connectivity index (χ0v) is 65.5. The second kappa shape index (κ2) is 70.7. The molecule has 12 atom stereocenters. The van der Waals surface area contributed by atoms with E-state index in [0.717, 1.165) is 51.4 Å². The van der Waals surface area contributed by atoms with Crippen LogP contribution in [0.15, 0.2) is 12.2 Å². The van der Waals surface area contributed by atoms with Crippen LogP contribution in [0, 0.1) is 0 Å². The van der Waals surface area contributed by atoms with Gasteiger partial charge in [-0.25, -0.2) is 0 Å². The SMILES string of the molecule is CCCCCCCCCC/C=C\CCCCCCCCCCCCCCCCCCCCCCCCCCCCCCCC(=O)NC(COC1OC(CO)C(OC2OC(CO)C(O)C(O)C2O)C(O)C1O)C(O)CCCCCCCCCCCCCCCCCCCCCCCCCCC. The maximum Gasteiger partial charge on any atom is 0.220 e. The van der Waals surface area contributed by atoms with E-state index in [2.05, 4.69) is 31.3 Å². The summed E-state index contributed by atoms with van der Waals surface area (Å²) < 4.78 is 23.0. The summed E-state index contributed by atoms with van der Waals surface area (Å²) in [6.45, 7) is 2.95. The van der Waals surface area contributed by atoms with Gasteiger partial charge in [-0.15, -0.1) is 0 Å². The van der Waals surface area contributed by atoms with Crippen LogP contribution < -0.4 is 5.32 Å². The predicted octanol–water partition coefficient (Wildman–Crippen LogP) is 20.8. The van der Waals surface area contributed by atoms with Crippen molar-refractivity contribution in [2.24, 2.45) is 0 Å². The van der Waals surface area contributed by atoms with E-state index < -0.39 is 86.8 Å². The number of rotatable bonds is 76. The van der Waals surface area contributed by atoms with E-state index in [4.69, 9.17) is 18.9 Å². The predicted molar refractivity (Wildman–Crippen MR) is 416 cm³/mol. The molecule has 1 amide bonds. The number of ether oxygens (including phenoxy) is 4. The maximum absolute atomic E-state index is 13.4. The summed E-state index contributed by atoms with van der Waals surface area (Å²) in [4.78, 5) is 13.4. The Morgan fingerprint density at radius 3 is 0.950 bits per heavy atom. The highest BCUT2D eigenvalue weighted by molar-refractivity contribution is 5.76. The highest BCUT2D eigenvalue weighted by Gasteiger charge is 2.51. The molecule has 2 rings (SSSR count). The summed E-state index contributed by atoms with van der Waals surface area (Å²) in [7, 11) is 0. The van der Waals surface area contributed by atoms with Gasteiger partial charge in [0.05, 0.1) is 32.0 Å². The molecule has 2 aliphatic rings. The fraction of sp³-hybridized carbons (Fsp3) is 0.965. The van der Waals surface area contributed by atoms with Gasteiger partial charge in [0, 0.05) is 6.42 Å². The van der Waals surface area contributed by atoms with Crippen LogP contribution in [0.5, 0.6) is 0 Å². The van der Waals surface area contributed by atoms with Crippen LogP contribution in [-0.4, -0.2) is 140 Å². The van der Waals surface area contributed by atoms with Gasteiger partial charge < -0.3 is 65.1 Å². The Kier molecular flexibility index (Phi) is 67.0. The van der Waals surface area contributed by atoms with Gasteiger partial charge >= 0.3 is 0 Å². The fourth-order valence-corrected chi connectivity index (χ4v) is 15.1. The number of amides is 1. The molecule has 12 unspecified atom stereocenters. The lowest BCUT2D eigenvalue weighted by molar-refractivity contribution is -0.359. The van der Waals surface area contributed by atoms with Crippen molar-refractivity contribution in [3.05, 3.63) is 12.2 Å². The quantitative estimate of drug-likeness (QED) is 0.0204. The molecule has 14 heteroatoms. The number of aliphatic hydroxyl groups excluding tert-OH is 8. The monoisotopic (exact) mass is 1420 g/mol. The first kappa shape index (κ1) is 94.8. The molecule has 0 aromatic carbocycles. The molecule has 0 bridgehead atoms. The molecule has 0 radical (unpaired) electrons. The van der Waals surface area contributed by atoms with Gasteiger partial charge in [-0.1, -0.05) is 405 Å². The lowest BCUT2D eigenvalue weighted by Crippen LogP contribution is -2.65. The lowest BCUT2D eigenvalue weighted by atomic mass is 9.97. The standard InChI is InChI=1S/C86H167NO13/c1-3-5-7-9-11-13-15-17-19-21-23-25-27-29-30-31-32-33-34-35-36-37-38-39-40-41-42-43-44-46-48-50-52-54-56-58-60-62-64-66-68-70-78(91)87-74(73-97-85-83(96)81(94)84(77(72-89)99-85)100-86-82(95)80(93)79(92)76(71-88)98-86)75(90)69-67-65-63-61-59-57-55-53-51-49-47-45-28-26-24-22-20-18-16-14-12-10-8-6-4-2/h21,23,74-77,79-86,88-90,92-96H,3-20,22,24-73H2,1-2H3,(H,87,91)/b23-21-. The molecule has 594 valence electrons. The van der Waals surface area contributed by atoms with E-state index >= 15 is 0 Å². The number of aliphatic hydroxyl groups is 8. The van der Waals surface area contributed by atoms with Crippen LogP contribution in [0.4, 0.5) is 0 Å². The topological polar surface area (TPSA) is 228 Å². The van der Waals surface area contributed by atoms with Crippen molar-refractivity contribution >= 4 is 5.91 Å². The van der Waals surface area contributed by atoms with Crippen LogP contribution in [0.1, 0.15) is 438 Å². The minimum Gasteiger partial charge on any atom is -0.394 e. The number of carbonyl (C=O) groups is 1. The van der Waals surface area contributed by atoms with Crippen molar-refractivity contribution in [3.8, 4) is 0 Å². The van der Waals surface area contributed by atoms with Gasteiger partial charge in [-0.3, -0.25) is 4.79 Å². The summed E-state index contributed by atoms with van der Waals surface area (Å²) in [5.41, 5.74) is 0. The third-order valence-corrected chi connectivity index (χ3v) is 22.0. The first-order chi connectivity index (χ1) is 49.1. The summed E-state index contributed by atoms with van der Waals surface area (Å²) in [5.74, 6) is -0.195. The van der Waals surface area contributed by atoms with Crippen LogP contribution >= 0.6 is 0 Å². The minimum absolute atomic E-state index is 0.195. The molecule has 2 saturated heterocycles. The normalized spacial score (nSPS) is 21.8. The number of carbonyl (C=O) groups excluding carboxylic acids is 1. The number of allylic oxidation sites excluding steroid dienone is 2. The molecule has 100 heavy (non-hydrogen) atoms. The number of hydrogen-bond donors (Lipinski definition) is 9. The van der Waals surface area contributed by atoms with Gasteiger partial charge in [0.15, 0.2) is 12.6 Å². The van der Waals surface area contributed by atoms with Crippen LogP contribution in [0.2, 0.25) is 0 Å². The first-order valence-electron chi connectivity index (χ1n) is 43.9. The summed E-state index contributed by atoms with van der Waals surface area (Å²) in [6.07, 6.45) is 74.3. The van der Waals surface area contributed by atoms with E-state index in [0.29, 0.717) is 12.8 Å². The van der Waals surface area contributed by atoms with Crippen molar-refractivity contribution in [2.75, 3.05) is 19.8 Å². The van der Waals surface area contributed by atoms with E-state index in [1.54, 1.807) is 0 Å². The van der Waals surface area contributed by atoms with Gasteiger partial charge in [-0.2, -0.15) is 0 Å². The second-order valence-electron chi connectivity index (χ2n) is 31.4. The summed E-state index contributed by atoms with van der Waals surface area (Å²) in [5, 5.41) is 88.0. The van der Waals surface area contributed by atoms with Crippen molar-refractivity contribution in [3.63, 3.8) is 0 Å². The van der Waals surface area contributed by atoms with Crippen LogP contribution in [0.3, 0.4) is 0 Å². The molecular formula is C86H167NO13. The van der Waals surface area contributed by atoms with Gasteiger partial charge in [-0.05, 0) is 38.5 Å². The lowest BCUT2D eigenvalue weighted by Gasteiger charge is -2.46. The third kappa shape index (κ3) is 52.7. The smallest absolute Gasteiger partial charge is 0.220 e. The molecule has 0 aromatic heterocycles. The Labute approximate surface area is 616 Å². The number of nitrogens with one attached hydrogen (secondary N) is 1. The van der Waals surface area contributed by atoms with Gasteiger partial charge in [0.1, 0.15) is 48.8 Å². The van der Waals surface area contributed by atoms with E-state index in [9.17, 15) is 45.6 Å². The third-order valence-electron chi connectivity index (χ3n) is 22.0. The Bertz CT molecular complexity index is 1730. The first-order valence-corrected chi connectivity index (χ1v) is 43.9. The van der Waals surface area contributed by atoms with Crippen molar-refractivity contribution < 1.29 is 64.6 Å². The zero-order valence-electron chi connectivity index (χ0n) is 65.5. The highest BCUT2D eigenvalue weighted by atomic mass is 16.7. The number of hydrogen-bond acceptors (Lipinski definition) is 13. The molecular weight excluding hydrogens is 1250 g/mol. The Morgan fingerprint density at radius 2 is 0.630 bits per heavy atom. The van der Waals surface area contributed by atoms with Gasteiger partial charge in [0.25, 0.3) is 0 Å². The largest absolute Gasteiger partial charge is 0.394 e. The number of unbranched alkanes of at least 4 members (excludes halogenated alkanes) is 61. The maximum atomic E-state index is 13.4. The van der Waals surface area contributed by atoms with E-state index in [-0.39, 0.29) is 12.5 Å². The fourth-order valence-electron chi connectivity index (χ4n) is 15.1. The Balaban J connectivity index is 1.53. The highest BCUT2D eigenvalue weighted by Crippen LogP contribution is 2.31. The molecule has 2 heterocycles. The van der Waals surface area contributed by atoms with Gasteiger partial charge in [0.2, 0.25) is 5.91 Å². The van der Waals surface area contributed by atoms with E-state index in [1.165, 1.54) is 360 Å². The Morgan fingerprint density at radius 1 is 0.350 bits per heavy atom. The minimum atomic E-state index is -1.78. The molecule has 14 nitrogen and oxygen atoms in total. The molecule has 2 fully saturated rings. The molecule has 0 saturated carbocycles. The second-order valence-corrected chi connectivity index (χ2v) is 31.4. The summed E-state index contributed by atoms with van der Waals surface area (Å²) in [6, 6.07) is -0.827.